The fourth-order valence-electron chi connectivity index (χ4n) is 2.42. The first-order chi connectivity index (χ1) is 13.5. The van der Waals surface area contributed by atoms with Gasteiger partial charge in [0.2, 0.25) is 0 Å². The van der Waals surface area contributed by atoms with Crippen LogP contribution in [0.3, 0.4) is 0 Å². The number of benzene rings is 2. The SMILES string of the molecule is COc1ccc(-c2csc(/C(C#N)=C\Nc3ccc(F)cc3F)n2)cc1OC. The zero-order valence-electron chi connectivity index (χ0n) is 15.0. The van der Waals surface area contributed by atoms with Crippen LogP contribution in [0.25, 0.3) is 16.8 Å². The van der Waals surface area contributed by atoms with Gasteiger partial charge in [-0.3, -0.25) is 0 Å². The van der Waals surface area contributed by atoms with Gasteiger partial charge in [0, 0.05) is 23.2 Å². The fraction of sp³-hybridized carbons (Fsp3) is 0.100. The molecule has 0 atom stereocenters. The molecule has 8 heteroatoms. The molecule has 0 bridgehead atoms. The minimum absolute atomic E-state index is 0.0609. The van der Waals surface area contributed by atoms with Crippen molar-refractivity contribution in [3.05, 3.63) is 64.6 Å². The van der Waals surface area contributed by atoms with Gasteiger partial charge < -0.3 is 14.8 Å². The highest BCUT2D eigenvalue weighted by molar-refractivity contribution is 7.11. The Kier molecular flexibility index (Phi) is 5.87. The van der Waals surface area contributed by atoms with E-state index in [0.29, 0.717) is 22.2 Å². The van der Waals surface area contributed by atoms with Crippen LogP contribution in [0.2, 0.25) is 0 Å². The molecule has 0 aliphatic heterocycles. The number of allylic oxidation sites excluding steroid dienone is 1. The number of ether oxygens (including phenoxy) is 2. The third-order valence-corrected chi connectivity index (χ3v) is 4.71. The summed E-state index contributed by atoms with van der Waals surface area (Å²) in [5, 5.41) is 14.4. The number of hydrogen-bond donors (Lipinski definition) is 1. The van der Waals surface area contributed by atoms with Gasteiger partial charge in [-0.15, -0.1) is 11.3 Å². The first-order valence-corrected chi connectivity index (χ1v) is 8.94. The molecular formula is C20H15F2N3O2S. The van der Waals surface area contributed by atoms with E-state index in [0.717, 1.165) is 17.7 Å². The minimum atomic E-state index is -0.751. The van der Waals surface area contributed by atoms with Crippen molar-refractivity contribution in [1.82, 2.24) is 4.98 Å². The Morgan fingerprint density at radius 3 is 2.61 bits per heavy atom. The van der Waals surface area contributed by atoms with Crippen LogP contribution in [0.1, 0.15) is 5.01 Å². The molecule has 5 nitrogen and oxygen atoms in total. The van der Waals surface area contributed by atoms with Crippen molar-refractivity contribution < 1.29 is 18.3 Å². The number of thiazole rings is 1. The van der Waals surface area contributed by atoms with Crippen LogP contribution in [-0.2, 0) is 0 Å². The number of halogens is 2. The molecule has 1 N–H and O–H groups in total. The average Bonchev–Trinajstić information content (AvgIpc) is 3.19. The molecule has 0 amide bonds. The normalized spacial score (nSPS) is 11.0. The third kappa shape index (κ3) is 4.10. The molecule has 2 aromatic carbocycles. The Hall–Kier alpha value is -3.44. The first kappa shape index (κ1) is 19.3. The average molecular weight is 399 g/mol. The summed E-state index contributed by atoms with van der Waals surface area (Å²) in [5.74, 6) is -0.255. The second-order valence-electron chi connectivity index (χ2n) is 5.55. The largest absolute Gasteiger partial charge is 0.493 e. The molecule has 142 valence electrons. The van der Waals surface area contributed by atoms with Crippen molar-refractivity contribution in [3.63, 3.8) is 0 Å². The molecule has 3 rings (SSSR count). The number of nitrogens with one attached hydrogen (secondary N) is 1. The first-order valence-electron chi connectivity index (χ1n) is 8.06. The third-order valence-electron chi connectivity index (χ3n) is 3.84. The smallest absolute Gasteiger partial charge is 0.161 e. The molecule has 0 fully saturated rings. The lowest BCUT2D eigenvalue weighted by atomic mass is 10.1. The Balaban J connectivity index is 1.86. The summed E-state index contributed by atoms with van der Waals surface area (Å²) in [6.07, 6.45) is 1.34. The van der Waals surface area contributed by atoms with Crippen LogP contribution in [-0.4, -0.2) is 19.2 Å². The molecule has 0 aliphatic carbocycles. The Labute approximate surface area is 164 Å². The van der Waals surface area contributed by atoms with Gasteiger partial charge in [-0.05, 0) is 30.3 Å². The van der Waals surface area contributed by atoms with Crippen molar-refractivity contribution in [2.45, 2.75) is 0 Å². The highest BCUT2D eigenvalue weighted by atomic mass is 32.1. The number of hydrogen-bond acceptors (Lipinski definition) is 6. The van der Waals surface area contributed by atoms with E-state index < -0.39 is 11.6 Å². The summed E-state index contributed by atoms with van der Waals surface area (Å²) in [5.41, 5.74) is 1.75. The van der Waals surface area contributed by atoms with E-state index in [2.05, 4.69) is 10.3 Å². The molecule has 1 heterocycles. The number of nitrogens with zero attached hydrogens (tertiary/aromatic N) is 2. The second kappa shape index (κ2) is 8.50. The Bertz CT molecular complexity index is 1070. The number of rotatable bonds is 6. The van der Waals surface area contributed by atoms with E-state index in [1.54, 1.807) is 31.7 Å². The summed E-state index contributed by atoms with van der Waals surface area (Å²) in [6.45, 7) is 0. The quantitative estimate of drug-likeness (QED) is 0.586. The van der Waals surface area contributed by atoms with Crippen LogP contribution in [0.4, 0.5) is 14.5 Å². The summed E-state index contributed by atoms with van der Waals surface area (Å²) < 4.78 is 37.2. The van der Waals surface area contributed by atoms with Crippen molar-refractivity contribution >= 4 is 22.6 Å². The van der Waals surface area contributed by atoms with Crippen LogP contribution < -0.4 is 14.8 Å². The predicted molar refractivity (Wildman–Crippen MR) is 104 cm³/mol. The van der Waals surface area contributed by atoms with Crippen molar-refractivity contribution in [3.8, 4) is 28.8 Å². The lowest BCUT2D eigenvalue weighted by Gasteiger charge is -2.08. The van der Waals surface area contributed by atoms with Crippen molar-refractivity contribution in [2.24, 2.45) is 0 Å². The number of anilines is 1. The maximum absolute atomic E-state index is 13.7. The molecular weight excluding hydrogens is 384 g/mol. The zero-order chi connectivity index (χ0) is 20.1. The molecule has 1 aromatic heterocycles. The number of nitriles is 1. The molecule has 28 heavy (non-hydrogen) atoms. The summed E-state index contributed by atoms with van der Waals surface area (Å²) in [4.78, 5) is 4.47. The van der Waals surface area contributed by atoms with E-state index in [1.165, 1.54) is 23.6 Å². The highest BCUT2D eigenvalue weighted by Gasteiger charge is 2.12. The number of aromatic nitrogens is 1. The van der Waals surface area contributed by atoms with E-state index >= 15 is 0 Å². The van der Waals surface area contributed by atoms with Gasteiger partial charge in [0.05, 0.1) is 25.6 Å². The van der Waals surface area contributed by atoms with Crippen LogP contribution in [0.15, 0.2) is 48.0 Å². The van der Waals surface area contributed by atoms with E-state index in [4.69, 9.17) is 9.47 Å². The molecule has 0 aliphatic rings. The van der Waals surface area contributed by atoms with Gasteiger partial charge in [-0.25, -0.2) is 13.8 Å². The van der Waals surface area contributed by atoms with Gasteiger partial charge in [-0.2, -0.15) is 5.26 Å². The summed E-state index contributed by atoms with van der Waals surface area (Å²) in [6, 6.07) is 10.6. The van der Waals surface area contributed by atoms with E-state index in [-0.39, 0.29) is 11.3 Å². The van der Waals surface area contributed by atoms with Crippen molar-refractivity contribution in [2.75, 3.05) is 19.5 Å². The van der Waals surface area contributed by atoms with Crippen LogP contribution >= 0.6 is 11.3 Å². The van der Waals surface area contributed by atoms with Gasteiger partial charge in [0.15, 0.2) is 11.5 Å². The topological polar surface area (TPSA) is 67.2 Å². The van der Waals surface area contributed by atoms with Gasteiger partial charge in [0.1, 0.15) is 28.3 Å². The predicted octanol–water partition coefficient (Wildman–Crippen LogP) is 5.08. The molecule has 3 aromatic rings. The Morgan fingerprint density at radius 1 is 1.14 bits per heavy atom. The molecule has 0 saturated heterocycles. The van der Waals surface area contributed by atoms with Crippen LogP contribution in [0, 0.1) is 23.0 Å². The second-order valence-corrected chi connectivity index (χ2v) is 6.40. The van der Waals surface area contributed by atoms with Crippen LogP contribution in [0.5, 0.6) is 11.5 Å². The standard InChI is InChI=1S/C20H15F2N3O2S/c1-26-18-6-3-12(7-19(18)27-2)17-11-28-20(25-17)13(9-23)10-24-16-5-4-14(21)8-15(16)22/h3-8,10-11,24H,1-2H3/b13-10-. The van der Waals surface area contributed by atoms with E-state index in [1.807, 2.05) is 12.1 Å². The maximum Gasteiger partial charge on any atom is 0.161 e. The summed E-state index contributed by atoms with van der Waals surface area (Å²) >= 11 is 1.27. The maximum atomic E-state index is 13.7. The Morgan fingerprint density at radius 2 is 1.93 bits per heavy atom. The van der Waals surface area contributed by atoms with Gasteiger partial charge in [0.25, 0.3) is 0 Å². The molecule has 0 spiro atoms. The molecule has 0 radical (unpaired) electrons. The van der Waals surface area contributed by atoms with E-state index in [9.17, 15) is 14.0 Å². The lowest BCUT2D eigenvalue weighted by molar-refractivity contribution is 0.355. The monoisotopic (exact) mass is 399 g/mol. The fourth-order valence-corrected chi connectivity index (χ4v) is 3.22. The minimum Gasteiger partial charge on any atom is -0.493 e. The number of methoxy groups -OCH3 is 2. The van der Waals surface area contributed by atoms with Gasteiger partial charge in [-0.1, -0.05) is 0 Å². The van der Waals surface area contributed by atoms with Gasteiger partial charge >= 0.3 is 0 Å². The summed E-state index contributed by atoms with van der Waals surface area (Å²) in [7, 11) is 3.10. The molecule has 0 saturated carbocycles. The van der Waals surface area contributed by atoms with Crippen molar-refractivity contribution in [1.29, 1.82) is 5.26 Å². The highest BCUT2D eigenvalue weighted by Crippen LogP contribution is 2.33. The molecule has 0 unspecified atom stereocenters. The zero-order valence-corrected chi connectivity index (χ0v) is 15.8. The lowest BCUT2D eigenvalue weighted by Crippen LogP contribution is -1.95.